The van der Waals surface area contributed by atoms with E-state index in [1.54, 1.807) is 10.7 Å². The lowest BCUT2D eigenvalue weighted by Crippen LogP contribution is -2.92. The van der Waals surface area contributed by atoms with Gasteiger partial charge in [-0.3, -0.25) is 0 Å². The highest BCUT2D eigenvalue weighted by molar-refractivity contribution is 9.10. The molecule has 1 saturated heterocycles. The zero-order valence-corrected chi connectivity index (χ0v) is 17.5. The monoisotopic (exact) mass is 377 g/mol. The lowest BCUT2D eigenvalue weighted by Gasteiger charge is -2.70. The zero-order chi connectivity index (χ0) is 18.1. The maximum absolute atomic E-state index is 4.93. The predicted octanol–water partition coefficient (Wildman–Crippen LogP) is -7.42. The molecule has 0 aromatic carbocycles. The standard InChI is InChI=1S/C10H20B8BrN5/c11-7(12)9(15,16)24(10(17,18)8(13,14)22-7)5-1-2-23-6(21-5)4(19)3-20-23/h1-3,22H,11-18H2. The molecule has 3 rings (SSSR count). The van der Waals surface area contributed by atoms with E-state index in [1.807, 2.05) is 6.20 Å². The van der Waals surface area contributed by atoms with Crippen molar-refractivity contribution in [1.29, 1.82) is 0 Å². The summed E-state index contributed by atoms with van der Waals surface area (Å²) in [5.74, 6) is 0.973. The third-order valence-electron chi connectivity index (χ3n) is 6.34. The molecule has 14 heteroatoms. The molecule has 0 unspecified atom stereocenters. The largest absolute Gasteiger partial charge is 0.376 e. The summed E-state index contributed by atoms with van der Waals surface area (Å²) in [4.78, 5) is 7.40. The maximum atomic E-state index is 4.93. The van der Waals surface area contributed by atoms with Gasteiger partial charge in [0.25, 0.3) is 0 Å². The van der Waals surface area contributed by atoms with Gasteiger partial charge in [-0.2, -0.15) is 5.10 Å². The second-order valence-corrected chi connectivity index (χ2v) is 9.73. The van der Waals surface area contributed by atoms with E-state index in [4.69, 9.17) is 4.98 Å². The molecule has 1 N–H and O–H groups in total. The number of rotatable bonds is 1. The third-order valence-corrected chi connectivity index (χ3v) is 6.90. The molecule has 0 bridgehead atoms. The van der Waals surface area contributed by atoms with Crippen LogP contribution in [0.1, 0.15) is 0 Å². The second-order valence-electron chi connectivity index (χ2n) is 8.87. The van der Waals surface area contributed by atoms with Crippen molar-refractivity contribution < 1.29 is 0 Å². The van der Waals surface area contributed by atoms with Crippen molar-refractivity contribution in [2.75, 3.05) is 4.90 Å². The minimum atomic E-state index is -0.135. The Morgan fingerprint density at radius 3 is 2.04 bits per heavy atom. The Balaban J connectivity index is 2.25. The van der Waals surface area contributed by atoms with Crippen LogP contribution in [0.15, 0.2) is 22.9 Å². The summed E-state index contributed by atoms with van der Waals surface area (Å²) < 4.78 is 2.71. The molecule has 0 atom stereocenters. The summed E-state index contributed by atoms with van der Waals surface area (Å²) in [5.41, 5.74) is 0.841. The van der Waals surface area contributed by atoms with E-state index in [0.29, 0.717) is 0 Å². The van der Waals surface area contributed by atoms with Gasteiger partial charge in [0.05, 0.1) is 10.7 Å². The molecule has 1 aliphatic heterocycles. The fourth-order valence-electron chi connectivity index (χ4n) is 3.87. The number of fused-ring (bicyclic) bond motifs is 1. The molecule has 2 aromatic heterocycles. The van der Waals surface area contributed by atoms with Crippen LogP contribution in [0.5, 0.6) is 0 Å². The first-order chi connectivity index (χ1) is 10.8. The van der Waals surface area contributed by atoms with Crippen molar-refractivity contribution in [2.45, 2.75) is 21.4 Å². The molecule has 116 valence electrons. The van der Waals surface area contributed by atoms with Gasteiger partial charge in [-0.1, -0.05) is 0 Å². The van der Waals surface area contributed by atoms with E-state index in [2.05, 4.69) is 100 Å². The average Bonchev–Trinajstić information content (AvgIpc) is 2.77. The lowest BCUT2D eigenvalue weighted by molar-refractivity contribution is 0.347. The Morgan fingerprint density at radius 2 is 1.50 bits per heavy atom. The normalized spacial score (nSPS) is 24.0. The summed E-state index contributed by atoms with van der Waals surface area (Å²) in [5, 5.41) is 7.73. The molecule has 1 fully saturated rings. The van der Waals surface area contributed by atoms with Gasteiger partial charge in [-0.15, -0.1) is 0 Å². The van der Waals surface area contributed by atoms with E-state index >= 15 is 0 Å². The van der Waals surface area contributed by atoms with Crippen LogP contribution in [-0.2, 0) is 0 Å². The second kappa shape index (κ2) is 5.19. The van der Waals surface area contributed by atoms with Crippen LogP contribution in [0.25, 0.3) is 5.65 Å². The molecule has 0 spiro atoms. The van der Waals surface area contributed by atoms with Crippen LogP contribution >= 0.6 is 15.9 Å². The molecule has 3 heterocycles. The minimum absolute atomic E-state index is 0.0860. The maximum Gasteiger partial charge on any atom is 0.171 e. The van der Waals surface area contributed by atoms with Crippen LogP contribution in [-0.4, -0.2) is 98.7 Å². The third kappa shape index (κ3) is 2.36. The van der Waals surface area contributed by atoms with E-state index in [0.717, 1.165) is 15.9 Å². The van der Waals surface area contributed by atoms with Crippen LogP contribution in [0.2, 0.25) is 0 Å². The van der Waals surface area contributed by atoms with Crippen molar-refractivity contribution in [1.82, 2.24) is 19.9 Å². The first-order valence-electron chi connectivity index (χ1n) is 8.41. The van der Waals surface area contributed by atoms with Crippen molar-refractivity contribution in [3.8, 4) is 0 Å². The number of anilines is 1. The Labute approximate surface area is 159 Å². The number of aromatic nitrogens is 3. The quantitative estimate of drug-likeness (QED) is 0.503. The highest BCUT2D eigenvalue weighted by Gasteiger charge is 2.57. The minimum Gasteiger partial charge on any atom is -0.376 e. The highest BCUT2D eigenvalue weighted by atomic mass is 79.9. The SMILES string of the molecule is BC1(B)NC(B)(B)C(B)(B)N(c2ccn3ncc(Br)c3n2)C1(B)B. The number of nitrogens with one attached hydrogen (secondary N) is 1. The lowest BCUT2D eigenvalue weighted by atomic mass is 9.27. The van der Waals surface area contributed by atoms with Crippen LogP contribution in [0, 0.1) is 0 Å². The summed E-state index contributed by atoms with van der Waals surface area (Å²) in [6, 6.07) is 2.06. The molecule has 0 saturated carbocycles. The molecule has 5 nitrogen and oxygen atoms in total. The number of halogens is 1. The average molecular weight is 377 g/mol. The molecule has 2 aromatic rings. The predicted molar refractivity (Wildman–Crippen MR) is 126 cm³/mol. The van der Waals surface area contributed by atoms with E-state index in [1.165, 1.54) is 0 Å². The van der Waals surface area contributed by atoms with Crippen molar-refractivity contribution >= 4 is 90.2 Å². The highest BCUT2D eigenvalue weighted by Crippen LogP contribution is 2.38. The molecule has 0 aliphatic carbocycles. The number of nitrogens with zero attached hydrogens (tertiary/aromatic N) is 4. The first kappa shape index (κ1) is 18.2. The fraction of sp³-hybridized carbons (Fsp3) is 0.400. The van der Waals surface area contributed by atoms with Gasteiger partial charge in [0.2, 0.25) is 0 Å². The molecular formula is C10H20B8BrN5. The van der Waals surface area contributed by atoms with E-state index in [-0.39, 0.29) is 21.4 Å². The number of hydrogen-bond donors (Lipinski definition) is 1. The molecular weight excluding hydrogens is 357 g/mol. The Kier molecular flexibility index (Phi) is 3.93. The van der Waals surface area contributed by atoms with Gasteiger partial charge in [0, 0.05) is 6.20 Å². The van der Waals surface area contributed by atoms with Gasteiger partial charge in [-0.05, 0) is 43.3 Å². The Hall–Kier alpha value is -0.621. The topological polar surface area (TPSA) is 45.5 Å². The fourth-order valence-corrected chi connectivity index (χ4v) is 4.24. The Bertz CT molecular complexity index is 780. The van der Waals surface area contributed by atoms with Gasteiger partial charge in [-0.25, -0.2) is 9.50 Å². The van der Waals surface area contributed by atoms with Crippen molar-refractivity contribution in [3.63, 3.8) is 0 Å². The smallest absolute Gasteiger partial charge is 0.171 e. The van der Waals surface area contributed by atoms with E-state index in [9.17, 15) is 0 Å². The van der Waals surface area contributed by atoms with Gasteiger partial charge < -0.3 is 10.2 Å². The molecule has 0 amide bonds. The van der Waals surface area contributed by atoms with Gasteiger partial charge in [0.15, 0.2) is 5.65 Å². The van der Waals surface area contributed by atoms with E-state index < -0.39 is 0 Å². The van der Waals surface area contributed by atoms with Crippen LogP contribution in [0.3, 0.4) is 0 Å². The zero-order valence-electron chi connectivity index (χ0n) is 15.9. The summed E-state index contributed by atoms with van der Waals surface area (Å²) in [6.07, 6.45) is 3.77. The van der Waals surface area contributed by atoms with Gasteiger partial charge in [0.1, 0.15) is 68.6 Å². The Morgan fingerprint density at radius 1 is 0.958 bits per heavy atom. The molecule has 24 heavy (non-hydrogen) atoms. The van der Waals surface area contributed by atoms with Crippen molar-refractivity contribution in [3.05, 3.63) is 22.9 Å². The molecule has 1 aliphatic rings. The molecule has 0 radical (unpaired) electrons. The summed E-state index contributed by atoms with van der Waals surface area (Å²) >= 11 is 3.55. The van der Waals surface area contributed by atoms with Crippen molar-refractivity contribution in [2.24, 2.45) is 0 Å². The van der Waals surface area contributed by atoms with Crippen LogP contribution < -0.4 is 10.2 Å². The van der Waals surface area contributed by atoms with Gasteiger partial charge >= 0.3 is 0 Å². The summed E-state index contributed by atoms with van der Waals surface area (Å²) in [7, 11) is 18.2. The number of hydrogen-bond acceptors (Lipinski definition) is 4. The number of piperazine rings is 1. The first-order valence-corrected chi connectivity index (χ1v) is 9.20. The summed E-state index contributed by atoms with van der Waals surface area (Å²) in [6.45, 7) is 0. The van der Waals surface area contributed by atoms with Crippen LogP contribution in [0.4, 0.5) is 5.82 Å².